The largest absolute Gasteiger partial charge is 0.354 e. The Labute approximate surface area is 149 Å². The number of hydrogen-bond donors (Lipinski definition) is 1. The Morgan fingerprint density at radius 1 is 1.42 bits per heavy atom. The lowest BCUT2D eigenvalue weighted by atomic mass is 9.96. The molecule has 2 heterocycles. The van der Waals surface area contributed by atoms with Crippen LogP contribution in [0.2, 0.25) is 0 Å². The van der Waals surface area contributed by atoms with Crippen molar-refractivity contribution in [1.29, 1.82) is 0 Å². The zero-order valence-corrected chi connectivity index (χ0v) is 15.9. The minimum Gasteiger partial charge on any atom is -0.354 e. The van der Waals surface area contributed by atoms with Crippen molar-refractivity contribution >= 4 is 23.2 Å². The fourth-order valence-corrected chi connectivity index (χ4v) is 3.87. The summed E-state index contributed by atoms with van der Waals surface area (Å²) in [6, 6.07) is 2.28. The third kappa shape index (κ3) is 4.80. The average molecular weight is 352 g/mol. The molecule has 1 aliphatic heterocycles. The summed E-state index contributed by atoms with van der Waals surface area (Å²) in [7, 11) is 4.05. The highest BCUT2D eigenvalue weighted by molar-refractivity contribution is 7.07. The van der Waals surface area contributed by atoms with E-state index in [-0.39, 0.29) is 29.7 Å². The quantitative estimate of drug-likeness (QED) is 0.856. The van der Waals surface area contributed by atoms with Gasteiger partial charge in [-0.15, -0.1) is 0 Å². The second-order valence-electron chi connectivity index (χ2n) is 7.06. The molecule has 134 valence electrons. The van der Waals surface area contributed by atoms with Crippen LogP contribution in [0.5, 0.6) is 0 Å². The van der Waals surface area contributed by atoms with Crippen LogP contribution in [0.3, 0.4) is 0 Å². The Morgan fingerprint density at radius 2 is 2.17 bits per heavy atom. The standard InChI is InChI=1S/C18H29N3O2S/c1-13(2)18(23)21-8-5-6-14(11-21)17(22)19-10-16(20(3)4)15-7-9-24-12-15/h7,9,12-14,16H,5-6,8,10-11H2,1-4H3,(H,19,22). The zero-order chi connectivity index (χ0) is 17.7. The number of carbonyl (C=O) groups is 2. The SMILES string of the molecule is CC(C)C(=O)N1CCCC(C(=O)NCC(c2ccsc2)N(C)C)C1. The number of hydrogen-bond acceptors (Lipinski definition) is 4. The van der Waals surface area contributed by atoms with Gasteiger partial charge in [0.15, 0.2) is 0 Å². The highest BCUT2D eigenvalue weighted by atomic mass is 32.1. The fraction of sp³-hybridized carbons (Fsp3) is 0.667. The summed E-state index contributed by atoms with van der Waals surface area (Å²) in [5.41, 5.74) is 1.23. The number of amides is 2. The van der Waals surface area contributed by atoms with Gasteiger partial charge in [-0.1, -0.05) is 13.8 Å². The molecule has 0 aromatic carbocycles. The second kappa shape index (κ2) is 8.62. The van der Waals surface area contributed by atoms with Gasteiger partial charge in [-0.2, -0.15) is 11.3 Å². The van der Waals surface area contributed by atoms with Crippen LogP contribution < -0.4 is 5.32 Å². The van der Waals surface area contributed by atoms with Crippen molar-refractivity contribution < 1.29 is 9.59 Å². The number of likely N-dealkylation sites (tertiary alicyclic amines) is 1. The number of piperidine rings is 1. The molecule has 1 aromatic heterocycles. The smallest absolute Gasteiger partial charge is 0.225 e. The van der Waals surface area contributed by atoms with Crippen LogP contribution in [0.15, 0.2) is 16.8 Å². The molecule has 2 rings (SSSR count). The Kier molecular flexibility index (Phi) is 6.80. The first-order chi connectivity index (χ1) is 11.4. The van der Waals surface area contributed by atoms with Crippen molar-refractivity contribution in [3.05, 3.63) is 22.4 Å². The average Bonchev–Trinajstić information content (AvgIpc) is 3.08. The summed E-state index contributed by atoms with van der Waals surface area (Å²) in [5, 5.41) is 7.28. The van der Waals surface area contributed by atoms with Crippen molar-refractivity contribution in [2.45, 2.75) is 32.7 Å². The molecule has 0 aliphatic carbocycles. The number of rotatable bonds is 6. The van der Waals surface area contributed by atoms with Crippen molar-refractivity contribution in [2.24, 2.45) is 11.8 Å². The molecule has 0 bridgehead atoms. The molecule has 1 aromatic rings. The zero-order valence-electron chi connectivity index (χ0n) is 15.1. The van der Waals surface area contributed by atoms with E-state index in [1.54, 1.807) is 11.3 Å². The van der Waals surface area contributed by atoms with Crippen molar-refractivity contribution in [3.8, 4) is 0 Å². The van der Waals surface area contributed by atoms with Crippen LogP contribution in [0.1, 0.15) is 38.3 Å². The minimum absolute atomic E-state index is 0.0106. The van der Waals surface area contributed by atoms with E-state index in [0.29, 0.717) is 13.1 Å². The van der Waals surface area contributed by atoms with Crippen LogP contribution in [-0.4, -0.2) is 55.3 Å². The third-order valence-electron chi connectivity index (χ3n) is 4.62. The normalized spacial score (nSPS) is 19.6. The molecule has 2 unspecified atom stereocenters. The fourth-order valence-electron chi connectivity index (χ4n) is 3.16. The van der Waals surface area contributed by atoms with Gasteiger partial charge in [0, 0.05) is 25.6 Å². The maximum Gasteiger partial charge on any atom is 0.225 e. The number of likely N-dealkylation sites (N-methyl/N-ethyl adjacent to an activating group) is 1. The van der Waals surface area contributed by atoms with Gasteiger partial charge in [0.05, 0.1) is 12.0 Å². The van der Waals surface area contributed by atoms with Crippen LogP contribution in [0.4, 0.5) is 0 Å². The summed E-state index contributed by atoms with van der Waals surface area (Å²) in [5.74, 6) is 0.116. The lowest BCUT2D eigenvalue weighted by Gasteiger charge is -2.33. The van der Waals surface area contributed by atoms with E-state index in [4.69, 9.17) is 0 Å². The molecule has 1 saturated heterocycles. The monoisotopic (exact) mass is 351 g/mol. The molecule has 1 N–H and O–H groups in total. The van der Waals surface area contributed by atoms with E-state index in [1.807, 2.05) is 32.8 Å². The Morgan fingerprint density at radius 3 is 2.75 bits per heavy atom. The molecule has 0 saturated carbocycles. The topological polar surface area (TPSA) is 52.7 Å². The number of thiophene rings is 1. The molecule has 6 heteroatoms. The Balaban J connectivity index is 1.90. The van der Waals surface area contributed by atoms with Crippen molar-refractivity contribution in [3.63, 3.8) is 0 Å². The highest BCUT2D eigenvalue weighted by Crippen LogP contribution is 2.22. The number of carbonyl (C=O) groups excluding carboxylic acids is 2. The molecule has 1 fully saturated rings. The van der Waals surface area contributed by atoms with Gasteiger partial charge in [-0.3, -0.25) is 9.59 Å². The van der Waals surface area contributed by atoms with Gasteiger partial charge in [0.25, 0.3) is 0 Å². The first kappa shape index (κ1) is 18.9. The summed E-state index contributed by atoms with van der Waals surface area (Å²) < 4.78 is 0. The van der Waals surface area contributed by atoms with Crippen LogP contribution in [0.25, 0.3) is 0 Å². The van der Waals surface area contributed by atoms with E-state index < -0.39 is 0 Å². The van der Waals surface area contributed by atoms with Gasteiger partial charge in [0.2, 0.25) is 11.8 Å². The first-order valence-electron chi connectivity index (χ1n) is 8.65. The van der Waals surface area contributed by atoms with Crippen molar-refractivity contribution in [1.82, 2.24) is 15.1 Å². The molecule has 2 atom stereocenters. The Bertz CT molecular complexity index is 542. The third-order valence-corrected chi connectivity index (χ3v) is 5.32. The number of nitrogens with zero attached hydrogens (tertiary/aromatic N) is 2. The van der Waals surface area contributed by atoms with E-state index in [9.17, 15) is 9.59 Å². The van der Waals surface area contributed by atoms with Crippen LogP contribution >= 0.6 is 11.3 Å². The van der Waals surface area contributed by atoms with Gasteiger partial charge >= 0.3 is 0 Å². The second-order valence-corrected chi connectivity index (χ2v) is 7.84. The maximum absolute atomic E-state index is 12.6. The molecule has 2 amide bonds. The highest BCUT2D eigenvalue weighted by Gasteiger charge is 2.29. The minimum atomic E-state index is -0.0910. The van der Waals surface area contributed by atoms with Crippen LogP contribution in [0, 0.1) is 11.8 Å². The summed E-state index contributed by atoms with van der Waals surface area (Å²) in [6.07, 6.45) is 1.76. The van der Waals surface area contributed by atoms with Crippen LogP contribution in [-0.2, 0) is 9.59 Å². The Hall–Kier alpha value is -1.40. The van der Waals surface area contributed by atoms with Gasteiger partial charge in [0.1, 0.15) is 0 Å². The first-order valence-corrected chi connectivity index (χ1v) is 9.59. The van der Waals surface area contributed by atoms with E-state index in [2.05, 4.69) is 27.0 Å². The summed E-state index contributed by atoms with van der Waals surface area (Å²) >= 11 is 1.67. The molecule has 5 nitrogen and oxygen atoms in total. The van der Waals surface area contributed by atoms with E-state index in [1.165, 1.54) is 5.56 Å². The molecule has 0 radical (unpaired) electrons. The predicted molar refractivity (Wildman–Crippen MR) is 97.9 cm³/mol. The molecule has 24 heavy (non-hydrogen) atoms. The molecule has 0 spiro atoms. The predicted octanol–water partition coefficient (Wildman–Crippen LogP) is 2.36. The lowest BCUT2D eigenvalue weighted by Crippen LogP contribution is -2.47. The van der Waals surface area contributed by atoms with Gasteiger partial charge in [-0.05, 0) is 49.3 Å². The number of nitrogens with one attached hydrogen (secondary N) is 1. The van der Waals surface area contributed by atoms with E-state index >= 15 is 0 Å². The van der Waals surface area contributed by atoms with Crippen molar-refractivity contribution in [2.75, 3.05) is 33.7 Å². The summed E-state index contributed by atoms with van der Waals surface area (Å²) in [4.78, 5) is 28.7. The maximum atomic E-state index is 12.6. The van der Waals surface area contributed by atoms with Gasteiger partial charge < -0.3 is 15.1 Å². The van der Waals surface area contributed by atoms with Gasteiger partial charge in [-0.25, -0.2) is 0 Å². The molecular formula is C18H29N3O2S. The molecule has 1 aliphatic rings. The van der Waals surface area contributed by atoms with E-state index in [0.717, 1.165) is 19.4 Å². The lowest BCUT2D eigenvalue weighted by molar-refractivity contribution is -0.138. The summed E-state index contributed by atoms with van der Waals surface area (Å²) in [6.45, 7) is 5.74. The molecular weight excluding hydrogens is 322 g/mol.